The molecule has 0 N–H and O–H groups in total. The molecule has 2 nitrogen and oxygen atoms in total. The molecule has 3 heteroatoms. The molecule has 0 saturated carbocycles. The van der Waals surface area contributed by atoms with E-state index in [-0.39, 0.29) is 6.10 Å². The summed E-state index contributed by atoms with van der Waals surface area (Å²) < 4.78 is 11.8. The molecule has 112 valence electrons. The van der Waals surface area contributed by atoms with E-state index in [1.807, 2.05) is 13.0 Å². The van der Waals surface area contributed by atoms with Gasteiger partial charge in [-0.1, -0.05) is 57.2 Å². The Morgan fingerprint density at radius 2 is 1.85 bits per heavy atom. The van der Waals surface area contributed by atoms with Gasteiger partial charge in [0.2, 0.25) is 0 Å². The molecular formula is C17H28O2Si. The fraction of sp³-hybridized carbons (Fsp3) is 0.529. The summed E-state index contributed by atoms with van der Waals surface area (Å²) in [5.41, 5.74) is 3.05. The van der Waals surface area contributed by atoms with E-state index >= 15 is 0 Å². The van der Waals surface area contributed by atoms with Crippen LogP contribution in [0.4, 0.5) is 0 Å². The Kier molecular flexibility index (Phi) is 8.50. The van der Waals surface area contributed by atoms with Crippen LogP contribution in [-0.2, 0) is 9.16 Å². The van der Waals surface area contributed by atoms with E-state index in [1.165, 1.54) is 5.56 Å². The first-order chi connectivity index (χ1) is 9.74. The van der Waals surface area contributed by atoms with Crippen LogP contribution in [0.15, 0.2) is 30.8 Å². The molecule has 1 aromatic carbocycles. The Hall–Kier alpha value is -0.903. The van der Waals surface area contributed by atoms with Gasteiger partial charge in [-0.05, 0) is 30.0 Å². The molecule has 1 rings (SSSR count). The zero-order valence-corrected chi connectivity index (χ0v) is 14.5. The van der Waals surface area contributed by atoms with Crippen molar-refractivity contribution in [3.8, 4) is 0 Å². The topological polar surface area (TPSA) is 18.5 Å². The second kappa shape index (κ2) is 9.92. The van der Waals surface area contributed by atoms with Crippen LogP contribution in [0, 0.1) is 0 Å². The largest absolute Gasteiger partial charge is 0.417 e. The van der Waals surface area contributed by atoms with Gasteiger partial charge in [-0.3, -0.25) is 0 Å². The quantitative estimate of drug-likeness (QED) is 0.604. The minimum absolute atomic E-state index is 0.233. The molecule has 0 spiro atoms. The molecule has 0 aliphatic heterocycles. The van der Waals surface area contributed by atoms with Gasteiger partial charge < -0.3 is 9.16 Å². The van der Waals surface area contributed by atoms with Crippen LogP contribution in [0.25, 0.3) is 6.08 Å². The zero-order chi connectivity index (χ0) is 14.8. The van der Waals surface area contributed by atoms with E-state index in [9.17, 15) is 0 Å². The van der Waals surface area contributed by atoms with E-state index in [0.29, 0.717) is 5.54 Å². The number of hydrogen-bond donors (Lipinski definition) is 0. The van der Waals surface area contributed by atoms with Crippen molar-refractivity contribution in [3.05, 3.63) is 42.0 Å². The second-order valence-electron chi connectivity index (χ2n) is 5.03. The first-order valence-corrected chi connectivity index (χ1v) is 9.06. The van der Waals surface area contributed by atoms with Gasteiger partial charge >= 0.3 is 0 Å². The summed E-state index contributed by atoms with van der Waals surface area (Å²) in [5, 5.41) is 0. The third-order valence-electron chi connectivity index (χ3n) is 3.58. The van der Waals surface area contributed by atoms with E-state index in [1.54, 1.807) is 0 Å². The highest BCUT2D eigenvalue weighted by molar-refractivity contribution is 6.29. The van der Waals surface area contributed by atoms with Gasteiger partial charge in [0, 0.05) is 13.2 Å². The van der Waals surface area contributed by atoms with Crippen LogP contribution in [0.5, 0.6) is 0 Å². The van der Waals surface area contributed by atoms with E-state index in [2.05, 4.69) is 44.7 Å². The van der Waals surface area contributed by atoms with Gasteiger partial charge in [0.25, 0.3) is 0 Å². The molecule has 0 saturated heterocycles. The fourth-order valence-corrected chi connectivity index (χ4v) is 3.55. The minimum Gasteiger partial charge on any atom is -0.417 e. The monoisotopic (exact) mass is 292 g/mol. The van der Waals surface area contributed by atoms with Gasteiger partial charge in [-0.25, -0.2) is 0 Å². The van der Waals surface area contributed by atoms with Gasteiger partial charge in [0.15, 0.2) is 9.76 Å². The Morgan fingerprint density at radius 3 is 2.35 bits per heavy atom. The summed E-state index contributed by atoms with van der Waals surface area (Å²) in [7, 11) is -0.557. The molecule has 20 heavy (non-hydrogen) atoms. The first kappa shape index (κ1) is 17.1. The van der Waals surface area contributed by atoms with Crippen molar-refractivity contribution < 1.29 is 9.16 Å². The molecule has 0 radical (unpaired) electrons. The molecule has 0 aliphatic carbocycles. The zero-order valence-electron chi connectivity index (χ0n) is 13.1. The van der Waals surface area contributed by atoms with Crippen molar-refractivity contribution in [2.75, 3.05) is 13.2 Å². The maximum absolute atomic E-state index is 6.23. The standard InChI is InChI=1S/C17H28O2Si/c1-5-14-9-11-15(12-10-14)17(7-3)19-20-16(6-2)13-18-8-4/h5,9-12,16-17H,1,6-8,13,20H2,2-4H3. The lowest BCUT2D eigenvalue weighted by Gasteiger charge is -2.21. The average molecular weight is 292 g/mol. The van der Waals surface area contributed by atoms with Gasteiger partial charge in [0.1, 0.15) is 0 Å². The number of benzene rings is 1. The fourth-order valence-electron chi connectivity index (χ4n) is 2.12. The van der Waals surface area contributed by atoms with Crippen molar-refractivity contribution in [1.82, 2.24) is 0 Å². The van der Waals surface area contributed by atoms with Crippen molar-refractivity contribution in [1.29, 1.82) is 0 Å². The lowest BCUT2D eigenvalue weighted by molar-refractivity contribution is 0.134. The lowest BCUT2D eigenvalue weighted by Crippen LogP contribution is -2.16. The molecule has 0 amide bonds. The Labute approximate surface area is 126 Å². The summed E-state index contributed by atoms with van der Waals surface area (Å²) in [4.78, 5) is 0. The maximum Gasteiger partial charge on any atom is 0.167 e. The smallest absolute Gasteiger partial charge is 0.167 e. The van der Waals surface area contributed by atoms with Crippen LogP contribution in [-0.4, -0.2) is 23.0 Å². The van der Waals surface area contributed by atoms with Crippen LogP contribution >= 0.6 is 0 Å². The number of hydrogen-bond acceptors (Lipinski definition) is 2. The van der Waals surface area contributed by atoms with Crippen molar-refractivity contribution in [2.24, 2.45) is 0 Å². The molecule has 2 unspecified atom stereocenters. The van der Waals surface area contributed by atoms with Crippen LogP contribution in [0.1, 0.15) is 50.8 Å². The number of ether oxygens (including phenoxy) is 1. The molecule has 0 aromatic heterocycles. The van der Waals surface area contributed by atoms with Crippen LogP contribution in [0.2, 0.25) is 5.54 Å². The summed E-state index contributed by atoms with van der Waals surface area (Å²) in [6.07, 6.45) is 4.27. The third kappa shape index (κ3) is 5.61. The minimum atomic E-state index is -0.557. The summed E-state index contributed by atoms with van der Waals surface area (Å²) in [6, 6.07) is 8.52. The van der Waals surface area contributed by atoms with Crippen LogP contribution < -0.4 is 0 Å². The lowest BCUT2D eigenvalue weighted by atomic mass is 10.1. The highest BCUT2D eigenvalue weighted by Crippen LogP contribution is 2.23. The van der Waals surface area contributed by atoms with Gasteiger partial charge in [-0.15, -0.1) is 0 Å². The summed E-state index contributed by atoms with van der Waals surface area (Å²) in [5.74, 6) is 0. The summed E-state index contributed by atoms with van der Waals surface area (Å²) in [6.45, 7) is 11.9. The highest BCUT2D eigenvalue weighted by atomic mass is 28.2. The molecular weight excluding hydrogens is 264 g/mol. The Bertz CT molecular complexity index is 375. The van der Waals surface area contributed by atoms with Gasteiger partial charge in [0.05, 0.1) is 6.10 Å². The normalized spacial score (nSPS) is 14.6. The number of rotatable bonds is 10. The molecule has 1 aromatic rings. The SMILES string of the molecule is C=Cc1ccc(C(CC)O[SiH2]C(CC)COCC)cc1. The first-order valence-electron chi connectivity index (χ1n) is 7.66. The Morgan fingerprint density at radius 1 is 1.15 bits per heavy atom. The third-order valence-corrected chi connectivity index (χ3v) is 5.46. The van der Waals surface area contributed by atoms with Crippen molar-refractivity contribution >= 4 is 15.8 Å². The average Bonchev–Trinajstić information content (AvgIpc) is 2.51. The highest BCUT2D eigenvalue weighted by Gasteiger charge is 2.14. The summed E-state index contributed by atoms with van der Waals surface area (Å²) >= 11 is 0. The Balaban J connectivity index is 2.54. The molecule has 0 aliphatic rings. The van der Waals surface area contributed by atoms with Crippen LogP contribution in [0.3, 0.4) is 0 Å². The molecule has 0 fully saturated rings. The van der Waals surface area contributed by atoms with Crippen molar-refractivity contribution in [3.63, 3.8) is 0 Å². The van der Waals surface area contributed by atoms with E-state index < -0.39 is 9.76 Å². The van der Waals surface area contributed by atoms with Gasteiger partial charge in [-0.2, -0.15) is 0 Å². The second-order valence-corrected chi connectivity index (χ2v) is 6.86. The molecule has 2 atom stereocenters. The predicted octanol–water partition coefficient (Wildman–Crippen LogP) is 4.12. The van der Waals surface area contributed by atoms with Crippen molar-refractivity contribution in [2.45, 2.75) is 45.3 Å². The predicted molar refractivity (Wildman–Crippen MR) is 89.7 cm³/mol. The maximum atomic E-state index is 6.23. The van der Waals surface area contributed by atoms with E-state index in [4.69, 9.17) is 9.16 Å². The van der Waals surface area contributed by atoms with E-state index in [0.717, 1.165) is 31.6 Å². The molecule has 0 heterocycles. The molecule has 0 bridgehead atoms.